The summed E-state index contributed by atoms with van der Waals surface area (Å²) in [5.74, 6) is 0.991. The van der Waals surface area contributed by atoms with Crippen LogP contribution in [0.4, 0.5) is 0 Å². The zero-order valence-electron chi connectivity index (χ0n) is 9.92. The van der Waals surface area contributed by atoms with Crippen molar-refractivity contribution in [3.63, 3.8) is 0 Å². The van der Waals surface area contributed by atoms with Crippen LogP contribution in [0.25, 0.3) is 0 Å². The van der Waals surface area contributed by atoms with Gasteiger partial charge in [0.1, 0.15) is 5.75 Å². The van der Waals surface area contributed by atoms with Crippen molar-refractivity contribution in [2.24, 2.45) is 5.73 Å². The highest BCUT2D eigenvalue weighted by Crippen LogP contribution is 2.20. The number of nitrogens with two attached hydrogens (primary N) is 1. The molecule has 0 aliphatic carbocycles. The molecule has 1 atom stereocenters. The van der Waals surface area contributed by atoms with Gasteiger partial charge >= 0.3 is 0 Å². The molecule has 1 unspecified atom stereocenters. The van der Waals surface area contributed by atoms with E-state index in [0.717, 1.165) is 25.1 Å². The van der Waals surface area contributed by atoms with Crippen molar-refractivity contribution in [1.82, 2.24) is 0 Å². The van der Waals surface area contributed by atoms with Gasteiger partial charge in [-0.3, -0.25) is 0 Å². The Balaban J connectivity index is 2.56. The van der Waals surface area contributed by atoms with Crippen molar-refractivity contribution < 1.29 is 4.74 Å². The maximum Gasteiger partial charge on any atom is 0.122 e. The fourth-order valence-electron chi connectivity index (χ4n) is 1.61. The predicted molar refractivity (Wildman–Crippen MR) is 64.3 cm³/mol. The lowest BCUT2D eigenvalue weighted by atomic mass is 10.1. The Kier molecular flexibility index (Phi) is 4.63. The van der Waals surface area contributed by atoms with E-state index in [2.05, 4.69) is 32.9 Å². The molecule has 2 N–H and O–H groups in total. The largest absolute Gasteiger partial charge is 0.490 e. The lowest BCUT2D eigenvalue weighted by molar-refractivity contribution is 0.207. The first-order chi connectivity index (χ1) is 7.13. The lowest BCUT2D eigenvalue weighted by Crippen LogP contribution is -2.14. The zero-order valence-corrected chi connectivity index (χ0v) is 9.92. The molecule has 1 aromatic carbocycles. The van der Waals surface area contributed by atoms with Crippen LogP contribution in [-0.2, 0) is 0 Å². The summed E-state index contributed by atoms with van der Waals surface area (Å²) >= 11 is 0. The Morgan fingerprint density at radius 2 is 2.07 bits per heavy atom. The molecule has 0 bridgehead atoms. The first-order valence-electron chi connectivity index (χ1n) is 5.57. The maximum atomic E-state index is 5.85. The van der Waals surface area contributed by atoms with Crippen molar-refractivity contribution >= 4 is 0 Å². The fourth-order valence-corrected chi connectivity index (χ4v) is 1.61. The first-order valence-corrected chi connectivity index (χ1v) is 5.57. The van der Waals surface area contributed by atoms with E-state index < -0.39 is 0 Å². The molecule has 0 heterocycles. The highest BCUT2D eigenvalue weighted by atomic mass is 16.5. The maximum absolute atomic E-state index is 5.85. The molecule has 2 heteroatoms. The van der Waals surface area contributed by atoms with E-state index in [1.165, 1.54) is 11.1 Å². The number of ether oxygens (including phenoxy) is 1. The van der Waals surface area contributed by atoms with Crippen LogP contribution in [0.15, 0.2) is 18.2 Å². The first kappa shape index (κ1) is 12.1. The second kappa shape index (κ2) is 5.76. The quantitative estimate of drug-likeness (QED) is 0.805. The Morgan fingerprint density at radius 1 is 1.33 bits per heavy atom. The van der Waals surface area contributed by atoms with Gasteiger partial charge in [0.05, 0.1) is 6.10 Å². The Bertz CT molecular complexity index is 309. The standard InChI is InChI=1S/C13H21NO/c1-10-6-7-13(11(2)9-10)15-12(3)5-4-8-14/h6-7,9,12H,4-5,8,14H2,1-3H3. The second-order valence-corrected chi connectivity index (χ2v) is 4.13. The van der Waals surface area contributed by atoms with Crippen molar-refractivity contribution in [2.45, 2.75) is 39.7 Å². The Morgan fingerprint density at radius 3 is 2.67 bits per heavy atom. The SMILES string of the molecule is Cc1ccc(OC(C)CCCN)c(C)c1. The monoisotopic (exact) mass is 207 g/mol. The van der Waals surface area contributed by atoms with E-state index in [9.17, 15) is 0 Å². The summed E-state index contributed by atoms with van der Waals surface area (Å²) in [5, 5.41) is 0. The van der Waals surface area contributed by atoms with E-state index in [1.807, 2.05) is 6.07 Å². The van der Waals surface area contributed by atoms with E-state index >= 15 is 0 Å². The van der Waals surface area contributed by atoms with Gasteiger partial charge in [0, 0.05) is 0 Å². The summed E-state index contributed by atoms with van der Waals surface area (Å²) in [7, 11) is 0. The van der Waals surface area contributed by atoms with Gasteiger partial charge in [0.2, 0.25) is 0 Å². The van der Waals surface area contributed by atoms with Crippen LogP contribution in [0, 0.1) is 13.8 Å². The van der Waals surface area contributed by atoms with Gasteiger partial charge in [0.15, 0.2) is 0 Å². The molecule has 0 saturated carbocycles. The van der Waals surface area contributed by atoms with Gasteiger partial charge < -0.3 is 10.5 Å². The van der Waals surface area contributed by atoms with E-state index in [1.54, 1.807) is 0 Å². The van der Waals surface area contributed by atoms with Crippen LogP contribution >= 0.6 is 0 Å². The Hall–Kier alpha value is -1.02. The number of hydrogen-bond donors (Lipinski definition) is 1. The molecule has 1 rings (SSSR count). The summed E-state index contributed by atoms with van der Waals surface area (Å²) < 4.78 is 5.85. The predicted octanol–water partition coefficient (Wildman–Crippen LogP) is 2.81. The van der Waals surface area contributed by atoms with Crippen molar-refractivity contribution in [3.8, 4) is 5.75 Å². The Labute approximate surface area is 92.4 Å². The van der Waals surface area contributed by atoms with Gasteiger partial charge in [0.25, 0.3) is 0 Å². The minimum absolute atomic E-state index is 0.245. The average Bonchev–Trinajstić information content (AvgIpc) is 2.19. The molecular weight excluding hydrogens is 186 g/mol. The van der Waals surface area contributed by atoms with E-state index in [-0.39, 0.29) is 6.10 Å². The van der Waals surface area contributed by atoms with Gasteiger partial charge in [-0.05, 0) is 51.8 Å². The normalized spacial score (nSPS) is 12.5. The highest BCUT2D eigenvalue weighted by Gasteiger charge is 2.05. The van der Waals surface area contributed by atoms with Crippen molar-refractivity contribution in [3.05, 3.63) is 29.3 Å². The molecule has 0 radical (unpaired) electrons. The molecule has 0 fully saturated rings. The number of rotatable bonds is 5. The van der Waals surface area contributed by atoms with E-state index in [0.29, 0.717) is 0 Å². The second-order valence-electron chi connectivity index (χ2n) is 4.13. The van der Waals surface area contributed by atoms with Gasteiger partial charge in [-0.2, -0.15) is 0 Å². The number of hydrogen-bond acceptors (Lipinski definition) is 2. The molecule has 15 heavy (non-hydrogen) atoms. The van der Waals surface area contributed by atoms with E-state index in [4.69, 9.17) is 10.5 Å². The zero-order chi connectivity index (χ0) is 11.3. The number of benzene rings is 1. The minimum atomic E-state index is 0.245. The van der Waals surface area contributed by atoms with Crippen molar-refractivity contribution in [1.29, 1.82) is 0 Å². The van der Waals surface area contributed by atoms with Crippen LogP contribution in [0.5, 0.6) is 5.75 Å². The minimum Gasteiger partial charge on any atom is -0.490 e. The molecule has 0 spiro atoms. The highest BCUT2D eigenvalue weighted by molar-refractivity contribution is 5.35. The summed E-state index contributed by atoms with van der Waals surface area (Å²) in [5.41, 5.74) is 7.94. The summed E-state index contributed by atoms with van der Waals surface area (Å²) in [6, 6.07) is 6.27. The fraction of sp³-hybridized carbons (Fsp3) is 0.538. The van der Waals surface area contributed by atoms with Crippen LogP contribution in [0.3, 0.4) is 0 Å². The third-order valence-corrected chi connectivity index (χ3v) is 2.47. The third kappa shape index (κ3) is 3.92. The van der Waals surface area contributed by atoms with Crippen LogP contribution in [0.2, 0.25) is 0 Å². The molecule has 0 aliphatic heterocycles. The van der Waals surface area contributed by atoms with Crippen LogP contribution in [0.1, 0.15) is 30.9 Å². The summed E-state index contributed by atoms with van der Waals surface area (Å²) in [6.45, 7) is 7.00. The number of aryl methyl sites for hydroxylation is 2. The topological polar surface area (TPSA) is 35.2 Å². The molecule has 0 saturated heterocycles. The van der Waals surface area contributed by atoms with Crippen LogP contribution in [-0.4, -0.2) is 12.6 Å². The molecule has 1 aromatic rings. The smallest absolute Gasteiger partial charge is 0.122 e. The van der Waals surface area contributed by atoms with Gasteiger partial charge in [-0.1, -0.05) is 17.7 Å². The molecule has 0 aliphatic rings. The van der Waals surface area contributed by atoms with Crippen molar-refractivity contribution in [2.75, 3.05) is 6.54 Å². The summed E-state index contributed by atoms with van der Waals surface area (Å²) in [6.07, 6.45) is 2.28. The third-order valence-electron chi connectivity index (χ3n) is 2.47. The molecule has 0 aromatic heterocycles. The van der Waals surface area contributed by atoms with Gasteiger partial charge in [-0.15, -0.1) is 0 Å². The molecule has 0 amide bonds. The van der Waals surface area contributed by atoms with Crippen LogP contribution < -0.4 is 10.5 Å². The average molecular weight is 207 g/mol. The summed E-state index contributed by atoms with van der Waals surface area (Å²) in [4.78, 5) is 0. The molecule has 84 valence electrons. The molecular formula is C13H21NO. The lowest BCUT2D eigenvalue weighted by Gasteiger charge is -2.16. The molecule has 2 nitrogen and oxygen atoms in total. The van der Waals surface area contributed by atoms with Gasteiger partial charge in [-0.25, -0.2) is 0 Å².